The molecule has 1 saturated carbocycles. The Balaban J connectivity index is 2.08. The molecule has 0 radical (unpaired) electrons. The van der Waals surface area contributed by atoms with Gasteiger partial charge in [0.05, 0.1) is 17.9 Å². The fourth-order valence-corrected chi connectivity index (χ4v) is 2.19. The summed E-state index contributed by atoms with van der Waals surface area (Å²) in [6.07, 6.45) is 0.336. The van der Waals surface area contributed by atoms with Crippen LogP contribution in [0, 0.1) is 23.5 Å². The number of halogens is 2. The zero-order chi connectivity index (χ0) is 15.0. The van der Waals surface area contributed by atoms with Crippen molar-refractivity contribution in [2.45, 2.75) is 19.4 Å². The van der Waals surface area contributed by atoms with Gasteiger partial charge >= 0.3 is 5.97 Å². The van der Waals surface area contributed by atoms with Crippen molar-refractivity contribution < 1.29 is 23.5 Å². The second-order valence-corrected chi connectivity index (χ2v) is 5.09. The number of carboxylic acids is 1. The lowest BCUT2D eigenvalue weighted by molar-refractivity contribution is -0.142. The van der Waals surface area contributed by atoms with Crippen LogP contribution in [0.3, 0.4) is 0 Å². The van der Waals surface area contributed by atoms with Gasteiger partial charge in [-0.1, -0.05) is 6.07 Å². The molecule has 0 saturated heterocycles. The van der Waals surface area contributed by atoms with Crippen LogP contribution in [-0.4, -0.2) is 28.9 Å². The Morgan fingerprint density at radius 3 is 2.45 bits per heavy atom. The van der Waals surface area contributed by atoms with Crippen LogP contribution in [-0.2, 0) is 9.59 Å². The Labute approximate surface area is 115 Å². The summed E-state index contributed by atoms with van der Waals surface area (Å²) >= 11 is 0. The molecule has 0 spiro atoms. The van der Waals surface area contributed by atoms with E-state index in [2.05, 4.69) is 0 Å². The van der Waals surface area contributed by atoms with Gasteiger partial charge in [0.1, 0.15) is 0 Å². The van der Waals surface area contributed by atoms with Crippen molar-refractivity contribution in [2.24, 2.45) is 11.8 Å². The first-order valence-electron chi connectivity index (χ1n) is 6.27. The van der Waals surface area contributed by atoms with Crippen LogP contribution in [0.1, 0.15) is 24.9 Å². The van der Waals surface area contributed by atoms with Gasteiger partial charge < -0.3 is 10.0 Å². The molecular formula is C14H15F2NO3. The average molecular weight is 283 g/mol. The topological polar surface area (TPSA) is 57.6 Å². The summed E-state index contributed by atoms with van der Waals surface area (Å²) < 4.78 is 26.1. The summed E-state index contributed by atoms with van der Waals surface area (Å²) in [5.41, 5.74) is 0.465. The van der Waals surface area contributed by atoms with Crippen molar-refractivity contribution in [2.75, 3.05) is 7.05 Å². The minimum absolute atomic E-state index is 0.283. The monoisotopic (exact) mass is 283 g/mol. The number of nitrogens with zero attached hydrogens (tertiary/aromatic N) is 1. The third kappa shape index (κ3) is 2.64. The fraction of sp³-hybridized carbons (Fsp3) is 0.429. The maximum atomic E-state index is 13.2. The summed E-state index contributed by atoms with van der Waals surface area (Å²) in [6.45, 7) is 1.68. The minimum atomic E-state index is -0.975. The highest BCUT2D eigenvalue weighted by atomic mass is 19.2. The van der Waals surface area contributed by atoms with E-state index in [0.717, 1.165) is 12.1 Å². The van der Waals surface area contributed by atoms with Crippen LogP contribution >= 0.6 is 0 Å². The highest BCUT2D eigenvalue weighted by Crippen LogP contribution is 2.41. The largest absolute Gasteiger partial charge is 0.481 e. The van der Waals surface area contributed by atoms with Crippen molar-refractivity contribution in [3.05, 3.63) is 35.4 Å². The predicted molar refractivity (Wildman–Crippen MR) is 66.8 cm³/mol. The Hall–Kier alpha value is -1.98. The van der Waals surface area contributed by atoms with E-state index in [1.54, 1.807) is 6.92 Å². The Bertz CT molecular complexity index is 561. The first-order chi connectivity index (χ1) is 9.32. The number of hydrogen-bond donors (Lipinski definition) is 1. The van der Waals surface area contributed by atoms with Crippen LogP contribution < -0.4 is 0 Å². The molecular weight excluding hydrogens is 268 g/mol. The van der Waals surface area contributed by atoms with E-state index in [1.807, 2.05) is 0 Å². The summed E-state index contributed by atoms with van der Waals surface area (Å²) in [4.78, 5) is 24.2. The molecule has 1 unspecified atom stereocenters. The molecule has 1 N–H and O–H groups in total. The van der Waals surface area contributed by atoms with E-state index in [9.17, 15) is 18.4 Å². The highest BCUT2D eigenvalue weighted by Gasteiger charge is 2.49. The molecule has 0 bridgehead atoms. The van der Waals surface area contributed by atoms with Gasteiger partial charge in [0.25, 0.3) is 0 Å². The maximum Gasteiger partial charge on any atom is 0.307 e. The molecule has 1 aromatic carbocycles. The molecule has 0 aliphatic heterocycles. The smallest absolute Gasteiger partial charge is 0.307 e. The molecule has 6 heteroatoms. The Morgan fingerprint density at radius 1 is 1.30 bits per heavy atom. The summed E-state index contributed by atoms with van der Waals surface area (Å²) in [7, 11) is 1.53. The zero-order valence-corrected chi connectivity index (χ0v) is 11.1. The molecule has 1 aromatic rings. The first kappa shape index (κ1) is 14.4. The third-order valence-electron chi connectivity index (χ3n) is 3.78. The van der Waals surface area contributed by atoms with Crippen molar-refractivity contribution in [3.8, 4) is 0 Å². The highest BCUT2D eigenvalue weighted by molar-refractivity contribution is 5.89. The number of amides is 1. The van der Waals surface area contributed by atoms with E-state index in [-0.39, 0.29) is 5.91 Å². The number of benzene rings is 1. The van der Waals surface area contributed by atoms with Gasteiger partial charge in [-0.15, -0.1) is 0 Å². The standard InChI is InChI=1S/C14H15F2NO3/c1-7(8-3-4-11(15)12(16)5-8)17(2)13(18)9-6-10(9)14(19)20/h3-5,7,9-10H,6H2,1-2H3,(H,19,20)/t7?,9-,10+/m1/s1. The molecule has 1 amide bonds. The number of carbonyl (C=O) groups is 2. The van der Waals surface area contributed by atoms with Crippen LogP contribution in [0.2, 0.25) is 0 Å². The minimum Gasteiger partial charge on any atom is -0.481 e. The lowest BCUT2D eigenvalue weighted by atomic mass is 10.1. The van der Waals surface area contributed by atoms with Gasteiger partial charge in [0.15, 0.2) is 11.6 Å². The Morgan fingerprint density at radius 2 is 1.95 bits per heavy atom. The van der Waals surface area contributed by atoms with Gasteiger partial charge in [-0.2, -0.15) is 0 Å². The maximum absolute atomic E-state index is 13.2. The molecule has 1 fully saturated rings. The van der Waals surface area contributed by atoms with Gasteiger partial charge in [-0.05, 0) is 31.0 Å². The SMILES string of the molecule is CC(c1ccc(F)c(F)c1)N(C)C(=O)[C@@H]1C[C@@H]1C(=O)O. The second kappa shape index (κ2) is 5.19. The van der Waals surface area contributed by atoms with Crippen molar-refractivity contribution in [1.29, 1.82) is 0 Å². The lowest BCUT2D eigenvalue weighted by Crippen LogP contribution is -2.32. The summed E-state index contributed by atoms with van der Waals surface area (Å²) in [6, 6.07) is 3.02. The van der Waals surface area contributed by atoms with Crippen LogP contribution in [0.15, 0.2) is 18.2 Å². The van der Waals surface area contributed by atoms with Gasteiger partial charge in [-0.25, -0.2) is 8.78 Å². The molecule has 1 aliphatic carbocycles. The number of aliphatic carboxylic acids is 1. The fourth-order valence-electron chi connectivity index (χ4n) is 2.19. The molecule has 4 nitrogen and oxygen atoms in total. The third-order valence-corrected chi connectivity index (χ3v) is 3.78. The molecule has 20 heavy (non-hydrogen) atoms. The van der Waals surface area contributed by atoms with Gasteiger partial charge in [0, 0.05) is 7.05 Å². The number of carboxylic acid groups (broad SMARTS) is 1. The van der Waals surface area contributed by atoms with E-state index >= 15 is 0 Å². The molecule has 108 valence electrons. The van der Waals surface area contributed by atoms with E-state index < -0.39 is 35.5 Å². The molecule has 3 atom stereocenters. The van der Waals surface area contributed by atoms with E-state index in [0.29, 0.717) is 12.0 Å². The number of hydrogen-bond acceptors (Lipinski definition) is 2. The van der Waals surface area contributed by atoms with Crippen molar-refractivity contribution >= 4 is 11.9 Å². The predicted octanol–water partition coefficient (Wildman–Crippen LogP) is 2.20. The Kier molecular flexibility index (Phi) is 3.74. The molecule has 2 rings (SSSR count). The summed E-state index contributed by atoms with van der Waals surface area (Å²) in [5, 5.41) is 8.81. The number of rotatable bonds is 4. The first-order valence-corrected chi connectivity index (χ1v) is 6.27. The van der Waals surface area contributed by atoms with Crippen LogP contribution in [0.25, 0.3) is 0 Å². The van der Waals surface area contributed by atoms with E-state index in [1.165, 1.54) is 18.0 Å². The van der Waals surface area contributed by atoms with Crippen LogP contribution in [0.4, 0.5) is 8.78 Å². The quantitative estimate of drug-likeness (QED) is 0.921. The van der Waals surface area contributed by atoms with Gasteiger partial charge in [-0.3, -0.25) is 9.59 Å². The lowest BCUT2D eigenvalue weighted by Gasteiger charge is -2.25. The van der Waals surface area contributed by atoms with Gasteiger partial charge in [0.2, 0.25) is 5.91 Å². The van der Waals surface area contributed by atoms with E-state index in [4.69, 9.17) is 5.11 Å². The molecule has 1 aliphatic rings. The second-order valence-electron chi connectivity index (χ2n) is 5.09. The number of carbonyl (C=O) groups excluding carboxylic acids is 1. The van der Waals surface area contributed by atoms with Crippen LogP contribution in [0.5, 0.6) is 0 Å². The average Bonchev–Trinajstić information content (AvgIpc) is 3.19. The van der Waals surface area contributed by atoms with Crippen molar-refractivity contribution in [3.63, 3.8) is 0 Å². The normalized spacial score (nSPS) is 22.2. The van der Waals surface area contributed by atoms with Crippen molar-refractivity contribution in [1.82, 2.24) is 4.90 Å². The summed E-state index contributed by atoms with van der Waals surface area (Å²) in [5.74, 6) is -4.30. The molecule has 0 aromatic heterocycles. The molecule has 0 heterocycles. The zero-order valence-electron chi connectivity index (χ0n) is 11.1.